The standard InChI is InChI=1S/C26H23F2NO4/c1-16(30)33-24(17-2-6-19(27)7-3-17)15-14-23-25(18-4-12-22(31)13-5-18)29(26(23)32)21-10-8-20(28)9-11-21/h2-13,23-25,31H,14-15H2,1H3/t23?,24-,25?/m0/s1. The smallest absolute Gasteiger partial charge is 0.303 e. The van der Waals surface area contributed by atoms with E-state index in [1.54, 1.807) is 53.4 Å². The Bertz CT molecular complexity index is 1130. The Labute approximate surface area is 190 Å². The number of β-lactam (4-membered cyclic amide) rings is 1. The molecule has 1 N–H and O–H groups in total. The summed E-state index contributed by atoms with van der Waals surface area (Å²) in [5, 5.41) is 9.67. The topological polar surface area (TPSA) is 66.8 Å². The molecule has 4 rings (SSSR count). The van der Waals surface area contributed by atoms with E-state index < -0.39 is 29.6 Å². The predicted octanol–water partition coefficient (Wildman–Crippen LogP) is 5.46. The fourth-order valence-electron chi connectivity index (χ4n) is 4.27. The molecule has 1 saturated heterocycles. The highest BCUT2D eigenvalue weighted by Crippen LogP contribution is 2.46. The molecule has 1 aliphatic rings. The maximum absolute atomic E-state index is 13.4. The molecule has 1 heterocycles. The molecule has 1 fully saturated rings. The second-order valence-corrected chi connectivity index (χ2v) is 8.05. The molecule has 0 radical (unpaired) electrons. The molecular weight excluding hydrogens is 428 g/mol. The number of hydrogen-bond acceptors (Lipinski definition) is 4. The van der Waals surface area contributed by atoms with Gasteiger partial charge in [-0.2, -0.15) is 0 Å². The second kappa shape index (κ2) is 9.40. The zero-order chi connectivity index (χ0) is 23.5. The van der Waals surface area contributed by atoms with Crippen molar-refractivity contribution >= 4 is 17.6 Å². The molecule has 1 amide bonds. The van der Waals surface area contributed by atoms with Crippen LogP contribution in [0.4, 0.5) is 14.5 Å². The van der Waals surface area contributed by atoms with E-state index in [0.29, 0.717) is 24.1 Å². The van der Waals surface area contributed by atoms with E-state index in [1.807, 2.05) is 0 Å². The van der Waals surface area contributed by atoms with Gasteiger partial charge in [-0.15, -0.1) is 0 Å². The number of esters is 1. The van der Waals surface area contributed by atoms with Crippen molar-refractivity contribution < 1.29 is 28.2 Å². The van der Waals surface area contributed by atoms with Gasteiger partial charge in [-0.3, -0.25) is 9.59 Å². The second-order valence-electron chi connectivity index (χ2n) is 8.05. The van der Waals surface area contributed by atoms with Crippen LogP contribution in [0.5, 0.6) is 5.75 Å². The molecule has 33 heavy (non-hydrogen) atoms. The van der Waals surface area contributed by atoms with Gasteiger partial charge in [-0.1, -0.05) is 24.3 Å². The molecule has 3 atom stereocenters. The summed E-state index contributed by atoms with van der Waals surface area (Å²) in [6.07, 6.45) is 0.168. The fraction of sp³-hybridized carbons (Fsp3) is 0.231. The van der Waals surface area contributed by atoms with E-state index in [2.05, 4.69) is 0 Å². The van der Waals surface area contributed by atoms with Crippen molar-refractivity contribution in [3.05, 3.63) is 95.6 Å². The summed E-state index contributed by atoms with van der Waals surface area (Å²) in [6, 6.07) is 17.7. The minimum Gasteiger partial charge on any atom is -0.508 e. The number of ether oxygens (including phenoxy) is 1. The Morgan fingerprint density at radius 2 is 1.55 bits per heavy atom. The first-order chi connectivity index (χ1) is 15.8. The summed E-state index contributed by atoms with van der Waals surface area (Å²) in [5.41, 5.74) is 2.05. The Morgan fingerprint density at radius 1 is 0.970 bits per heavy atom. The quantitative estimate of drug-likeness (QED) is 0.383. The number of rotatable bonds is 7. The number of anilines is 1. The van der Waals surface area contributed by atoms with E-state index >= 15 is 0 Å². The maximum atomic E-state index is 13.4. The summed E-state index contributed by atoms with van der Waals surface area (Å²) in [6.45, 7) is 1.31. The zero-order valence-electron chi connectivity index (χ0n) is 17.9. The third-order valence-corrected chi connectivity index (χ3v) is 5.84. The largest absolute Gasteiger partial charge is 0.508 e. The third-order valence-electron chi connectivity index (χ3n) is 5.84. The Morgan fingerprint density at radius 3 is 2.12 bits per heavy atom. The van der Waals surface area contributed by atoms with Gasteiger partial charge in [0.2, 0.25) is 5.91 Å². The first-order valence-corrected chi connectivity index (χ1v) is 10.6. The number of benzene rings is 3. The van der Waals surface area contributed by atoms with Gasteiger partial charge in [0.05, 0.1) is 12.0 Å². The van der Waals surface area contributed by atoms with Gasteiger partial charge >= 0.3 is 5.97 Å². The lowest BCUT2D eigenvalue weighted by atomic mass is 9.78. The molecule has 0 aromatic heterocycles. The number of carbonyl (C=O) groups is 2. The molecule has 3 aromatic rings. The lowest BCUT2D eigenvalue weighted by Gasteiger charge is -2.48. The lowest BCUT2D eigenvalue weighted by Crippen LogP contribution is -2.55. The zero-order valence-corrected chi connectivity index (χ0v) is 17.9. The number of phenols is 1. The molecule has 0 aliphatic carbocycles. The van der Waals surface area contributed by atoms with E-state index in [9.17, 15) is 23.5 Å². The van der Waals surface area contributed by atoms with Crippen LogP contribution < -0.4 is 4.90 Å². The minimum absolute atomic E-state index is 0.112. The van der Waals surface area contributed by atoms with Crippen molar-refractivity contribution in [2.75, 3.05) is 4.90 Å². The Kier molecular flexibility index (Phi) is 6.40. The molecule has 2 unspecified atom stereocenters. The normalized spacial score (nSPS) is 18.5. The molecular formula is C26H23F2NO4. The highest BCUT2D eigenvalue weighted by molar-refractivity contribution is 6.03. The van der Waals surface area contributed by atoms with Crippen LogP contribution in [0.25, 0.3) is 0 Å². The minimum atomic E-state index is -0.615. The number of phenolic OH excluding ortho intramolecular Hbond substituents is 1. The summed E-state index contributed by atoms with van der Waals surface area (Å²) >= 11 is 0. The van der Waals surface area contributed by atoms with Crippen molar-refractivity contribution in [2.24, 2.45) is 5.92 Å². The Balaban J connectivity index is 1.58. The van der Waals surface area contributed by atoms with E-state index in [1.165, 1.54) is 31.2 Å². The summed E-state index contributed by atoms with van der Waals surface area (Å²) in [4.78, 5) is 26.4. The van der Waals surface area contributed by atoms with Crippen molar-refractivity contribution in [3.8, 4) is 5.75 Å². The molecule has 1 aliphatic heterocycles. The predicted molar refractivity (Wildman–Crippen MR) is 118 cm³/mol. The number of halogens is 2. The maximum Gasteiger partial charge on any atom is 0.303 e. The SMILES string of the molecule is CC(=O)O[C@@H](CCC1C(=O)N(c2ccc(F)cc2)C1c1ccc(O)cc1)c1ccc(F)cc1. The average Bonchev–Trinajstić information content (AvgIpc) is 2.79. The third kappa shape index (κ3) is 4.87. The van der Waals surface area contributed by atoms with Gasteiger partial charge in [-0.05, 0) is 72.5 Å². The van der Waals surface area contributed by atoms with Gasteiger partial charge in [0, 0.05) is 12.6 Å². The molecule has 5 nitrogen and oxygen atoms in total. The summed E-state index contributed by atoms with van der Waals surface area (Å²) in [7, 11) is 0. The molecule has 0 bridgehead atoms. The molecule has 170 valence electrons. The summed E-state index contributed by atoms with van der Waals surface area (Å²) in [5.74, 6) is -1.67. The van der Waals surface area contributed by atoms with Crippen molar-refractivity contribution in [2.45, 2.75) is 31.9 Å². The molecule has 0 saturated carbocycles. The first-order valence-electron chi connectivity index (χ1n) is 10.6. The van der Waals surface area contributed by atoms with Crippen LogP contribution in [0.3, 0.4) is 0 Å². The van der Waals surface area contributed by atoms with E-state index in [-0.39, 0.29) is 17.7 Å². The Hall–Kier alpha value is -3.74. The van der Waals surface area contributed by atoms with Crippen LogP contribution in [0, 0.1) is 17.6 Å². The van der Waals surface area contributed by atoms with Gasteiger partial charge in [0.25, 0.3) is 0 Å². The number of nitrogens with zero attached hydrogens (tertiary/aromatic N) is 1. The fourth-order valence-corrected chi connectivity index (χ4v) is 4.27. The van der Waals surface area contributed by atoms with Crippen LogP contribution in [0.1, 0.15) is 43.0 Å². The average molecular weight is 451 g/mol. The molecule has 0 spiro atoms. The van der Waals surface area contributed by atoms with E-state index in [0.717, 1.165) is 5.56 Å². The monoisotopic (exact) mass is 451 g/mol. The van der Waals surface area contributed by atoms with Gasteiger partial charge < -0.3 is 14.7 Å². The lowest BCUT2D eigenvalue weighted by molar-refractivity contribution is -0.147. The number of hydrogen-bond donors (Lipinski definition) is 1. The van der Waals surface area contributed by atoms with Gasteiger partial charge in [0.15, 0.2) is 0 Å². The van der Waals surface area contributed by atoms with Crippen LogP contribution in [-0.2, 0) is 14.3 Å². The van der Waals surface area contributed by atoms with Crippen molar-refractivity contribution in [1.82, 2.24) is 0 Å². The van der Waals surface area contributed by atoms with Crippen molar-refractivity contribution in [1.29, 1.82) is 0 Å². The molecule has 7 heteroatoms. The van der Waals surface area contributed by atoms with Gasteiger partial charge in [-0.25, -0.2) is 8.78 Å². The van der Waals surface area contributed by atoms with Gasteiger partial charge in [0.1, 0.15) is 23.5 Å². The first kappa shape index (κ1) is 22.5. The number of aromatic hydroxyl groups is 1. The number of amides is 1. The van der Waals surface area contributed by atoms with Crippen LogP contribution in [0.2, 0.25) is 0 Å². The van der Waals surface area contributed by atoms with Crippen molar-refractivity contribution in [3.63, 3.8) is 0 Å². The van der Waals surface area contributed by atoms with Crippen LogP contribution in [0.15, 0.2) is 72.8 Å². The van der Waals surface area contributed by atoms with Crippen LogP contribution >= 0.6 is 0 Å². The van der Waals surface area contributed by atoms with Crippen LogP contribution in [-0.4, -0.2) is 17.0 Å². The molecule has 3 aromatic carbocycles. The number of carbonyl (C=O) groups excluding carboxylic acids is 2. The van der Waals surface area contributed by atoms with E-state index in [4.69, 9.17) is 4.74 Å². The highest BCUT2D eigenvalue weighted by atomic mass is 19.1. The summed E-state index contributed by atoms with van der Waals surface area (Å²) < 4.78 is 32.2. The highest BCUT2D eigenvalue weighted by Gasteiger charge is 2.48.